The second kappa shape index (κ2) is 21.8. The zero-order valence-electron chi connectivity index (χ0n) is 36.7. The summed E-state index contributed by atoms with van der Waals surface area (Å²) >= 11 is 0. The van der Waals surface area contributed by atoms with Gasteiger partial charge >= 0.3 is 33.7 Å². The molecule has 10 N–H and O–H groups in total. The van der Waals surface area contributed by atoms with E-state index in [2.05, 4.69) is 14.2 Å². The number of rotatable bonds is 13. The number of aliphatic carboxylic acids is 1. The van der Waals surface area contributed by atoms with Crippen molar-refractivity contribution in [3.63, 3.8) is 0 Å². The van der Waals surface area contributed by atoms with Gasteiger partial charge in [-0.15, -0.1) is 0 Å². The predicted molar refractivity (Wildman–Crippen MR) is 225 cm³/mol. The van der Waals surface area contributed by atoms with E-state index in [0.29, 0.717) is 36.8 Å². The zero-order chi connectivity index (χ0) is 49.2. The number of hydrogen-bond acceptors (Lipinski definition) is 20. The monoisotopic (exact) mass is 990 g/mol. The number of carboxylic acid groups (broad SMARTS) is 1. The van der Waals surface area contributed by atoms with Crippen LogP contribution in [0.25, 0.3) is 0 Å². The van der Waals surface area contributed by atoms with Crippen LogP contribution in [0.3, 0.4) is 0 Å². The molecule has 380 valence electrons. The van der Waals surface area contributed by atoms with Crippen LogP contribution in [0.5, 0.6) is 0 Å². The van der Waals surface area contributed by atoms with Gasteiger partial charge in [-0.3, -0.25) is 32.9 Å². The number of carbonyl (C=O) groups excluding carboxylic acids is 1. The third-order valence-electron chi connectivity index (χ3n) is 13.4. The number of aromatic amines is 2. The number of H-pyrrole nitrogens is 2. The average molecular weight is 991 g/mol. The summed E-state index contributed by atoms with van der Waals surface area (Å²) in [6, 6.07) is -0.293. The number of aliphatic hydroxyl groups is 6. The topological polar surface area (TPSA) is 395 Å². The molecule has 27 heteroatoms. The quantitative estimate of drug-likeness (QED) is 0.0565. The Morgan fingerprint density at radius 1 is 0.603 bits per heavy atom. The maximum Gasteiger partial charge on any atom is 0.397 e. The first-order valence-electron chi connectivity index (χ1n) is 22.7. The summed E-state index contributed by atoms with van der Waals surface area (Å²) in [5.41, 5.74) is -0.419. The van der Waals surface area contributed by atoms with Crippen LogP contribution < -0.4 is 22.5 Å². The first kappa shape index (κ1) is 51.6. The normalized spacial score (nSPS) is 32.2. The van der Waals surface area contributed by atoms with Crippen LogP contribution >= 0.6 is 0 Å². The van der Waals surface area contributed by atoms with E-state index in [1.807, 2.05) is 0 Å². The number of aromatic nitrogens is 4. The highest BCUT2D eigenvalue weighted by atomic mass is 32.3. The molecular formula is C41H58N4O22S. The van der Waals surface area contributed by atoms with E-state index in [0.717, 1.165) is 64.2 Å². The van der Waals surface area contributed by atoms with Crippen LogP contribution in [0.1, 0.15) is 130 Å². The highest BCUT2D eigenvalue weighted by molar-refractivity contribution is 7.80. The summed E-state index contributed by atoms with van der Waals surface area (Å²) in [5, 5.41) is 69.8. The molecule has 4 fully saturated rings. The molecule has 0 aromatic carbocycles. The highest BCUT2D eigenvalue weighted by Crippen LogP contribution is 2.37. The Hall–Kier alpha value is -4.23. The molecule has 4 aliphatic carbocycles. The maximum absolute atomic E-state index is 13.1. The van der Waals surface area contributed by atoms with Gasteiger partial charge < -0.3 is 69.4 Å². The molecule has 6 aliphatic rings. The van der Waals surface area contributed by atoms with Crippen LogP contribution in [0, 0.1) is 0 Å². The molecule has 2 saturated heterocycles. The molecule has 2 aromatic heterocycles. The molecule has 0 bridgehead atoms. The molecule has 26 nitrogen and oxygen atoms in total. The Morgan fingerprint density at radius 2 is 1.01 bits per heavy atom. The van der Waals surface area contributed by atoms with Crippen molar-refractivity contribution in [3.8, 4) is 0 Å². The Kier molecular flexibility index (Phi) is 16.6. The van der Waals surface area contributed by atoms with Gasteiger partial charge in [0, 0.05) is 23.2 Å². The summed E-state index contributed by atoms with van der Waals surface area (Å²) in [5.74, 6) is -2.46. The summed E-state index contributed by atoms with van der Waals surface area (Å²) in [6.45, 7) is -1.42. The van der Waals surface area contributed by atoms with E-state index in [9.17, 15) is 67.8 Å². The standard InChI is InChI=1S/C22H30N2O11.C19H28N2O11S/c25-14(26)8-15(27)33-9-13-17(28)18(29)19(30)21(35-13)34-12-7-6-11-16(12)23-22(32)24(20(11)31)10-4-2-1-3-5-10;22-14-12(8-30-33(27,28)29)32-18(16(24)15(14)23)31-11-7-6-10-13(11)20-19(26)21(17(10)25)9-4-2-1-3-5-9/h10,12-13,17-19,21,28-30H,1-9H2,(H,23,32)(H,25,26);9,11-12,14-16,18,22-24H,1-8H2,(H,20,26)(H,27,28,29)/t12?,13-,17-,18+,19-,21-;11?,12-,14-,15+,16-,18-/m11/s1. The Morgan fingerprint density at radius 3 is 1.41 bits per heavy atom. The van der Waals surface area contributed by atoms with Crippen molar-refractivity contribution in [1.29, 1.82) is 0 Å². The summed E-state index contributed by atoms with van der Waals surface area (Å²) in [7, 11) is -4.83. The second-order valence-electron chi connectivity index (χ2n) is 17.9. The van der Waals surface area contributed by atoms with Gasteiger partial charge in [-0.2, -0.15) is 8.42 Å². The lowest BCUT2D eigenvalue weighted by atomic mass is 9.95. The minimum absolute atomic E-state index is 0.144. The molecule has 0 radical (unpaired) electrons. The largest absolute Gasteiger partial charge is 0.481 e. The number of nitrogens with zero attached hydrogens (tertiary/aromatic N) is 2. The molecule has 8 rings (SSSR count). The lowest BCUT2D eigenvalue weighted by molar-refractivity contribution is -0.313. The van der Waals surface area contributed by atoms with Crippen molar-refractivity contribution in [2.75, 3.05) is 13.2 Å². The SMILES string of the molecule is O=C(O)CC(=O)OC[C@H]1O[C@@H](OC2CCc3c2[nH]c(=O)n(C2CCCCC2)c3=O)[C@H](O)[C@@H](O)[C@@H]1O.O=c1[nH]c2c(c(=O)n1C1CCCCC1)CCC2O[C@@H]1O[C@H](COS(=O)(=O)O)[C@@H](O)[C@H](O)[C@H]1O. The fourth-order valence-corrected chi connectivity index (χ4v) is 10.2. The number of esters is 1. The zero-order valence-corrected chi connectivity index (χ0v) is 37.5. The van der Waals surface area contributed by atoms with Gasteiger partial charge in [0.05, 0.1) is 18.0 Å². The van der Waals surface area contributed by atoms with Crippen LogP contribution in [-0.4, -0.2) is 154 Å². The van der Waals surface area contributed by atoms with Gasteiger partial charge in [-0.1, -0.05) is 38.5 Å². The Balaban J connectivity index is 0.000000202. The first-order valence-corrected chi connectivity index (χ1v) is 24.0. The van der Waals surface area contributed by atoms with Crippen molar-refractivity contribution in [2.24, 2.45) is 0 Å². The molecule has 2 aliphatic heterocycles. The van der Waals surface area contributed by atoms with E-state index in [4.69, 9.17) is 33.3 Å². The number of fused-ring (bicyclic) bond motifs is 2. The summed E-state index contributed by atoms with van der Waals surface area (Å²) in [6.07, 6.45) is -8.23. The van der Waals surface area contributed by atoms with Crippen LogP contribution in [-0.2, 0) is 60.7 Å². The maximum atomic E-state index is 13.1. The Labute approximate surface area is 386 Å². The third kappa shape index (κ3) is 11.5. The number of carbonyl (C=O) groups is 2. The fraction of sp³-hybridized carbons (Fsp3) is 0.756. The van der Waals surface area contributed by atoms with E-state index >= 15 is 0 Å². The minimum atomic E-state index is -4.83. The molecule has 2 saturated carbocycles. The predicted octanol–water partition coefficient (Wildman–Crippen LogP) is -2.46. The van der Waals surface area contributed by atoms with E-state index < -0.39 is 127 Å². The lowest BCUT2D eigenvalue weighted by Crippen LogP contribution is -2.59. The molecule has 12 atom stereocenters. The van der Waals surface area contributed by atoms with Gasteiger partial charge in [0.25, 0.3) is 11.1 Å². The van der Waals surface area contributed by atoms with Crippen molar-refractivity contribution in [3.05, 3.63) is 64.2 Å². The van der Waals surface area contributed by atoms with E-state index in [1.54, 1.807) is 0 Å². The lowest BCUT2D eigenvalue weighted by Gasteiger charge is -2.40. The molecule has 2 aromatic rings. The first-order chi connectivity index (χ1) is 32.2. The smallest absolute Gasteiger partial charge is 0.397 e. The Bertz CT molecular complexity index is 2480. The molecule has 0 spiro atoms. The fourth-order valence-electron chi connectivity index (χ4n) is 9.85. The van der Waals surface area contributed by atoms with E-state index in [-0.39, 0.29) is 34.6 Å². The van der Waals surface area contributed by atoms with Gasteiger partial charge in [-0.05, 0) is 51.4 Å². The average Bonchev–Trinajstić information content (AvgIpc) is 3.89. The molecular weight excluding hydrogens is 933 g/mol. The number of nitrogens with one attached hydrogen (secondary N) is 2. The van der Waals surface area contributed by atoms with Crippen molar-refractivity contribution in [2.45, 2.75) is 182 Å². The summed E-state index contributed by atoms with van der Waals surface area (Å²) < 4.78 is 64.3. The minimum Gasteiger partial charge on any atom is -0.481 e. The van der Waals surface area contributed by atoms with Gasteiger partial charge in [0.2, 0.25) is 0 Å². The number of aliphatic hydroxyl groups excluding tert-OH is 6. The van der Waals surface area contributed by atoms with E-state index in [1.165, 1.54) is 9.13 Å². The number of ether oxygens (including phenoxy) is 5. The molecule has 0 amide bonds. The van der Waals surface area contributed by atoms with Gasteiger partial charge in [-0.25, -0.2) is 13.8 Å². The van der Waals surface area contributed by atoms with Crippen LogP contribution in [0.4, 0.5) is 0 Å². The molecule has 4 heterocycles. The molecule has 68 heavy (non-hydrogen) atoms. The van der Waals surface area contributed by atoms with Crippen molar-refractivity contribution < 1.29 is 86.2 Å². The van der Waals surface area contributed by atoms with Crippen molar-refractivity contribution in [1.82, 2.24) is 19.1 Å². The van der Waals surface area contributed by atoms with Gasteiger partial charge in [0.1, 0.15) is 74.1 Å². The highest BCUT2D eigenvalue weighted by Gasteiger charge is 2.48. The number of hydrogen-bond donors (Lipinski definition) is 10. The van der Waals surface area contributed by atoms with Crippen molar-refractivity contribution >= 4 is 22.3 Å². The second-order valence-corrected chi connectivity index (χ2v) is 19.0. The van der Waals surface area contributed by atoms with Gasteiger partial charge in [0.15, 0.2) is 12.6 Å². The number of carboxylic acids is 1. The van der Waals surface area contributed by atoms with Crippen LogP contribution in [0.2, 0.25) is 0 Å². The molecule has 2 unspecified atom stereocenters. The van der Waals surface area contributed by atoms with Crippen LogP contribution in [0.15, 0.2) is 19.2 Å². The third-order valence-corrected chi connectivity index (χ3v) is 13.8. The summed E-state index contributed by atoms with van der Waals surface area (Å²) in [4.78, 5) is 79.2.